The number of rotatable bonds is 11. The minimum atomic E-state index is -1.05. The Kier molecular flexibility index (Phi) is 10.4. The zero-order valence-corrected chi connectivity index (χ0v) is 28.7. The average Bonchev–Trinajstić information content (AvgIpc) is 3.59. The molecule has 2 aliphatic rings. The molecule has 5 aromatic rings. The van der Waals surface area contributed by atoms with E-state index in [1.165, 1.54) is 5.56 Å². The molecule has 1 aliphatic carbocycles. The number of hydrogen-bond donors (Lipinski definition) is 1. The van der Waals surface area contributed by atoms with Crippen LogP contribution in [-0.4, -0.2) is 75.4 Å². The summed E-state index contributed by atoms with van der Waals surface area (Å²) < 4.78 is 13.9. The average molecular weight is 671 g/mol. The van der Waals surface area contributed by atoms with Gasteiger partial charge in [-0.3, -0.25) is 9.69 Å². The van der Waals surface area contributed by atoms with Crippen molar-refractivity contribution in [2.45, 2.75) is 56.3 Å². The number of nitrogens with zero attached hydrogens (tertiary/aromatic N) is 4. The predicted molar refractivity (Wildman–Crippen MR) is 195 cm³/mol. The van der Waals surface area contributed by atoms with Crippen molar-refractivity contribution in [1.29, 1.82) is 0 Å². The smallest absolute Gasteiger partial charge is 0.275 e. The summed E-state index contributed by atoms with van der Waals surface area (Å²) in [6.45, 7) is 3.05. The van der Waals surface area contributed by atoms with Crippen LogP contribution in [0.25, 0.3) is 11.3 Å². The molecule has 50 heavy (non-hydrogen) atoms. The first kappa shape index (κ1) is 33.7. The number of imidazole rings is 1. The Bertz CT molecular complexity index is 1840. The number of carbonyl (C=O) groups excluding carboxylic acids is 1. The lowest BCUT2D eigenvalue weighted by Crippen LogP contribution is -2.55. The van der Waals surface area contributed by atoms with Crippen LogP contribution in [0.2, 0.25) is 0 Å². The second-order valence-electron chi connectivity index (χ2n) is 13.6. The Labute approximate surface area is 294 Å². The van der Waals surface area contributed by atoms with E-state index in [0.717, 1.165) is 60.7 Å². The van der Waals surface area contributed by atoms with Crippen LogP contribution in [0.5, 0.6) is 11.5 Å². The van der Waals surface area contributed by atoms with Gasteiger partial charge in [-0.15, -0.1) is 0 Å². The topological polar surface area (TPSA) is 80.1 Å². The maximum absolute atomic E-state index is 14.9. The molecule has 1 N–H and O–H groups in total. The van der Waals surface area contributed by atoms with Gasteiger partial charge in [0, 0.05) is 44.9 Å². The van der Waals surface area contributed by atoms with Crippen molar-refractivity contribution >= 4 is 5.91 Å². The largest absolute Gasteiger partial charge is 0.457 e. The molecular weight excluding hydrogens is 624 g/mol. The number of methoxy groups -OCH3 is 1. The van der Waals surface area contributed by atoms with Crippen LogP contribution in [0.15, 0.2) is 122 Å². The summed E-state index contributed by atoms with van der Waals surface area (Å²) in [5.41, 5.74) is 3.30. The molecular formula is C42H46N4O4. The van der Waals surface area contributed by atoms with Crippen molar-refractivity contribution in [3.05, 3.63) is 138 Å². The highest BCUT2D eigenvalue weighted by molar-refractivity contribution is 5.98. The van der Waals surface area contributed by atoms with Crippen LogP contribution >= 0.6 is 0 Å². The number of para-hydroxylation sites is 2. The fourth-order valence-corrected chi connectivity index (χ4v) is 7.78. The SMILES string of the molecule is COC[C@]1(O)CCCC[C@H]1n1cnc(C(=O)N2CCN(Cc3ccccc3)C[C@H]2Cc2ccccc2Oc2ccccc2)c1-c1ccccc1. The van der Waals surface area contributed by atoms with E-state index >= 15 is 0 Å². The highest BCUT2D eigenvalue weighted by Gasteiger charge is 2.42. The summed E-state index contributed by atoms with van der Waals surface area (Å²) in [5.74, 6) is 1.46. The zero-order chi connectivity index (χ0) is 34.3. The van der Waals surface area contributed by atoms with Gasteiger partial charge in [0.25, 0.3) is 5.91 Å². The van der Waals surface area contributed by atoms with Crippen molar-refractivity contribution in [1.82, 2.24) is 19.4 Å². The van der Waals surface area contributed by atoms with Gasteiger partial charge in [0.05, 0.1) is 24.7 Å². The van der Waals surface area contributed by atoms with Gasteiger partial charge in [-0.1, -0.05) is 110 Å². The molecule has 0 bridgehead atoms. The van der Waals surface area contributed by atoms with Crippen molar-refractivity contribution in [2.24, 2.45) is 0 Å². The third kappa shape index (κ3) is 7.38. The second-order valence-corrected chi connectivity index (χ2v) is 13.6. The quantitative estimate of drug-likeness (QED) is 0.158. The summed E-state index contributed by atoms with van der Waals surface area (Å²) in [7, 11) is 1.63. The van der Waals surface area contributed by atoms with E-state index in [0.29, 0.717) is 31.6 Å². The van der Waals surface area contributed by atoms with Gasteiger partial charge in [-0.25, -0.2) is 4.98 Å². The van der Waals surface area contributed by atoms with Crippen LogP contribution in [0.3, 0.4) is 0 Å². The van der Waals surface area contributed by atoms with Gasteiger partial charge >= 0.3 is 0 Å². The third-order valence-corrected chi connectivity index (χ3v) is 10.2. The van der Waals surface area contributed by atoms with Crippen LogP contribution in [0.1, 0.15) is 53.3 Å². The van der Waals surface area contributed by atoms with E-state index in [9.17, 15) is 9.90 Å². The number of carbonyl (C=O) groups is 1. The Morgan fingerprint density at radius 2 is 1.58 bits per heavy atom. The van der Waals surface area contributed by atoms with Crippen LogP contribution in [0, 0.1) is 0 Å². The van der Waals surface area contributed by atoms with E-state index in [1.807, 2.05) is 94.4 Å². The first-order valence-electron chi connectivity index (χ1n) is 17.7. The molecule has 4 aromatic carbocycles. The van der Waals surface area contributed by atoms with Gasteiger partial charge in [-0.05, 0) is 48.6 Å². The maximum atomic E-state index is 14.9. The molecule has 258 valence electrons. The Morgan fingerprint density at radius 1 is 0.880 bits per heavy atom. The van der Waals surface area contributed by atoms with Gasteiger partial charge < -0.3 is 24.0 Å². The van der Waals surface area contributed by atoms with Crippen molar-refractivity contribution < 1.29 is 19.4 Å². The number of piperazine rings is 1. The van der Waals surface area contributed by atoms with Gasteiger partial charge in [0.15, 0.2) is 5.69 Å². The monoisotopic (exact) mass is 670 g/mol. The minimum Gasteiger partial charge on any atom is -0.457 e. The molecule has 1 aliphatic heterocycles. The van der Waals surface area contributed by atoms with Crippen molar-refractivity contribution in [3.63, 3.8) is 0 Å². The van der Waals surface area contributed by atoms with Crippen LogP contribution in [-0.2, 0) is 17.7 Å². The third-order valence-electron chi connectivity index (χ3n) is 10.2. The number of ether oxygens (including phenoxy) is 2. The Balaban J connectivity index is 1.24. The van der Waals surface area contributed by atoms with Gasteiger partial charge in [-0.2, -0.15) is 0 Å². The van der Waals surface area contributed by atoms with E-state index in [4.69, 9.17) is 14.5 Å². The van der Waals surface area contributed by atoms with Gasteiger partial charge in [0.1, 0.15) is 17.1 Å². The van der Waals surface area contributed by atoms with Crippen LogP contribution in [0.4, 0.5) is 0 Å². The van der Waals surface area contributed by atoms with E-state index in [1.54, 1.807) is 13.4 Å². The highest BCUT2D eigenvalue weighted by atomic mass is 16.5. The van der Waals surface area contributed by atoms with Gasteiger partial charge in [0.2, 0.25) is 0 Å². The number of amides is 1. The highest BCUT2D eigenvalue weighted by Crippen LogP contribution is 2.41. The number of aliphatic hydroxyl groups is 1. The Morgan fingerprint density at radius 3 is 2.34 bits per heavy atom. The predicted octanol–water partition coefficient (Wildman–Crippen LogP) is 7.40. The maximum Gasteiger partial charge on any atom is 0.275 e. The normalized spacial score (nSPS) is 21.2. The first-order chi connectivity index (χ1) is 24.5. The summed E-state index contributed by atoms with van der Waals surface area (Å²) >= 11 is 0. The number of benzene rings is 4. The van der Waals surface area contributed by atoms with E-state index < -0.39 is 5.60 Å². The van der Waals surface area contributed by atoms with E-state index in [2.05, 4.69) is 35.2 Å². The zero-order valence-electron chi connectivity index (χ0n) is 28.7. The molecule has 0 radical (unpaired) electrons. The lowest BCUT2D eigenvalue weighted by molar-refractivity contribution is -0.0893. The summed E-state index contributed by atoms with van der Waals surface area (Å²) in [4.78, 5) is 24.2. The molecule has 1 saturated carbocycles. The number of aromatic nitrogens is 2. The van der Waals surface area contributed by atoms with Crippen molar-refractivity contribution in [2.75, 3.05) is 33.4 Å². The lowest BCUT2D eigenvalue weighted by atomic mass is 9.80. The molecule has 7 rings (SSSR count). The molecule has 8 heteroatoms. The standard InChI is InChI=1S/C42H46N4O4/c1-49-30-42(48)24-14-13-23-38(42)46-31-43-39(40(46)33-17-7-3-8-18-33)41(47)45-26-25-44(28-32-15-5-2-6-16-32)29-35(45)27-34-19-11-12-22-37(34)50-36-20-9-4-10-21-36/h2-12,15-22,31,35,38,48H,13-14,23-30H2,1H3/t35-,38-,42-/m1/s1. The molecule has 0 unspecified atom stereocenters. The molecule has 1 aromatic heterocycles. The molecule has 3 atom stereocenters. The van der Waals surface area contributed by atoms with E-state index in [-0.39, 0.29) is 24.6 Å². The number of hydrogen-bond acceptors (Lipinski definition) is 6. The fraction of sp³-hybridized carbons (Fsp3) is 0.333. The Hall–Kier alpha value is -4.76. The molecule has 1 saturated heterocycles. The summed E-state index contributed by atoms with van der Waals surface area (Å²) in [6.07, 6.45) is 5.72. The fourth-order valence-electron chi connectivity index (χ4n) is 7.78. The first-order valence-corrected chi connectivity index (χ1v) is 17.7. The van der Waals surface area contributed by atoms with Crippen molar-refractivity contribution in [3.8, 4) is 22.8 Å². The molecule has 1 amide bonds. The molecule has 2 fully saturated rings. The molecule has 0 spiro atoms. The second kappa shape index (κ2) is 15.4. The van der Waals surface area contributed by atoms with Crippen LogP contribution < -0.4 is 4.74 Å². The summed E-state index contributed by atoms with van der Waals surface area (Å²) in [5, 5.41) is 11.9. The lowest BCUT2D eigenvalue weighted by Gasteiger charge is -2.42. The summed E-state index contributed by atoms with van der Waals surface area (Å²) in [6, 6.07) is 38.0. The molecule has 8 nitrogen and oxygen atoms in total. The minimum absolute atomic E-state index is 0.0977. The molecule has 2 heterocycles.